The lowest BCUT2D eigenvalue weighted by molar-refractivity contribution is -0.156. The quantitative estimate of drug-likeness (QED) is 0.645. The summed E-state index contributed by atoms with van der Waals surface area (Å²) in [7, 11) is -2.94. The smallest absolute Gasteiger partial charge is 0.246 e. The van der Waals surface area contributed by atoms with Gasteiger partial charge in [0.05, 0.1) is 11.5 Å². The normalized spacial score (nSPS) is 31.7. The van der Waals surface area contributed by atoms with Gasteiger partial charge in [-0.15, -0.1) is 0 Å². The monoisotopic (exact) mass is 286 g/mol. The highest BCUT2D eigenvalue weighted by molar-refractivity contribution is 7.91. The average Bonchev–Trinajstić information content (AvgIpc) is 2.84. The summed E-state index contributed by atoms with van der Waals surface area (Å²) < 4.78 is 22.9. The molecule has 3 aliphatic rings. The first-order valence-electron chi connectivity index (χ1n) is 6.78. The van der Waals surface area contributed by atoms with E-state index in [9.17, 15) is 18.0 Å². The summed E-state index contributed by atoms with van der Waals surface area (Å²) >= 11 is 0. The predicted molar refractivity (Wildman–Crippen MR) is 68.1 cm³/mol. The van der Waals surface area contributed by atoms with Crippen molar-refractivity contribution in [3.05, 3.63) is 0 Å². The molecule has 3 fully saturated rings. The Morgan fingerprint density at radius 1 is 1.00 bits per heavy atom. The molecule has 7 heteroatoms. The number of carbonyl (C=O) groups excluding carboxylic acids is 2. The van der Waals surface area contributed by atoms with E-state index in [1.807, 2.05) is 0 Å². The van der Waals surface area contributed by atoms with E-state index in [1.54, 1.807) is 9.80 Å². The number of amides is 2. The first-order valence-corrected chi connectivity index (χ1v) is 8.60. The molecule has 0 aromatic heterocycles. The van der Waals surface area contributed by atoms with Crippen molar-refractivity contribution < 1.29 is 18.0 Å². The molecule has 0 spiro atoms. The maximum atomic E-state index is 12.4. The van der Waals surface area contributed by atoms with Crippen molar-refractivity contribution in [1.82, 2.24) is 9.80 Å². The summed E-state index contributed by atoms with van der Waals surface area (Å²) in [6.45, 7) is 0.808. The molecule has 3 rings (SSSR count). The topological polar surface area (TPSA) is 74.8 Å². The van der Waals surface area contributed by atoms with Crippen molar-refractivity contribution in [2.24, 2.45) is 0 Å². The zero-order chi connectivity index (χ0) is 13.6. The van der Waals surface area contributed by atoms with E-state index in [0.29, 0.717) is 19.4 Å². The van der Waals surface area contributed by atoms with Gasteiger partial charge in [0.2, 0.25) is 11.8 Å². The van der Waals surface area contributed by atoms with Gasteiger partial charge in [-0.3, -0.25) is 9.59 Å². The van der Waals surface area contributed by atoms with Crippen molar-refractivity contribution in [2.75, 3.05) is 24.6 Å². The second-order valence-corrected chi connectivity index (χ2v) is 7.90. The van der Waals surface area contributed by atoms with Crippen LogP contribution in [0, 0.1) is 0 Å². The minimum atomic E-state index is -2.94. The SMILES string of the molecule is O=C1C2CCCN2C(=O)CN1C1CCS(=O)(=O)CC1. The van der Waals surface area contributed by atoms with Gasteiger partial charge in [-0.05, 0) is 25.7 Å². The van der Waals surface area contributed by atoms with Gasteiger partial charge in [-0.25, -0.2) is 8.42 Å². The number of nitrogens with zero attached hydrogens (tertiary/aromatic N) is 2. The summed E-state index contributed by atoms with van der Waals surface area (Å²) in [6, 6.07) is -0.373. The Labute approximate surface area is 112 Å². The molecule has 0 bridgehead atoms. The molecule has 0 aromatic rings. The van der Waals surface area contributed by atoms with Gasteiger partial charge in [-0.2, -0.15) is 0 Å². The molecule has 106 valence electrons. The third-order valence-electron chi connectivity index (χ3n) is 4.41. The molecule has 1 atom stereocenters. The lowest BCUT2D eigenvalue weighted by atomic mass is 10.0. The fourth-order valence-electron chi connectivity index (χ4n) is 3.33. The van der Waals surface area contributed by atoms with Gasteiger partial charge in [0, 0.05) is 12.6 Å². The second kappa shape index (κ2) is 4.47. The molecular weight excluding hydrogens is 268 g/mol. The van der Waals surface area contributed by atoms with E-state index in [4.69, 9.17) is 0 Å². The molecule has 2 amide bonds. The summed E-state index contributed by atoms with van der Waals surface area (Å²) in [5.41, 5.74) is 0. The van der Waals surface area contributed by atoms with Crippen molar-refractivity contribution in [2.45, 2.75) is 37.8 Å². The third-order valence-corrected chi connectivity index (χ3v) is 6.13. The zero-order valence-corrected chi connectivity index (χ0v) is 11.6. The summed E-state index contributed by atoms with van der Waals surface area (Å²) in [5.74, 6) is 0.283. The molecule has 6 nitrogen and oxygen atoms in total. The Hall–Kier alpha value is -1.11. The van der Waals surface area contributed by atoms with Crippen LogP contribution in [0.4, 0.5) is 0 Å². The van der Waals surface area contributed by atoms with Gasteiger partial charge in [-0.1, -0.05) is 0 Å². The van der Waals surface area contributed by atoms with E-state index < -0.39 is 9.84 Å². The van der Waals surface area contributed by atoms with Gasteiger partial charge in [0.1, 0.15) is 22.4 Å². The first kappa shape index (κ1) is 12.9. The van der Waals surface area contributed by atoms with Crippen molar-refractivity contribution in [1.29, 1.82) is 0 Å². The van der Waals surface area contributed by atoms with Gasteiger partial charge >= 0.3 is 0 Å². The lowest BCUT2D eigenvalue weighted by Crippen LogP contribution is -2.60. The number of carbonyl (C=O) groups is 2. The Kier molecular flexibility index (Phi) is 3.03. The molecule has 0 saturated carbocycles. The molecule has 0 radical (unpaired) electrons. The Morgan fingerprint density at radius 3 is 2.37 bits per heavy atom. The standard InChI is InChI=1S/C12H18N2O4S/c15-11-8-14(9-3-6-19(17,18)7-4-9)12(16)10-2-1-5-13(10)11/h9-10H,1-8H2. The molecule has 19 heavy (non-hydrogen) atoms. The van der Waals surface area contributed by atoms with Gasteiger partial charge < -0.3 is 9.80 Å². The fraction of sp³-hybridized carbons (Fsp3) is 0.833. The lowest BCUT2D eigenvalue weighted by Gasteiger charge is -2.41. The Balaban J connectivity index is 1.75. The third kappa shape index (κ3) is 2.24. The summed E-state index contributed by atoms with van der Waals surface area (Å²) in [5, 5.41) is 0. The van der Waals surface area contributed by atoms with Crippen LogP contribution in [0.5, 0.6) is 0 Å². The number of piperazine rings is 1. The van der Waals surface area contributed by atoms with Crippen molar-refractivity contribution in [3.63, 3.8) is 0 Å². The molecule has 3 saturated heterocycles. The largest absolute Gasteiger partial charge is 0.329 e. The van der Waals surface area contributed by atoms with E-state index in [1.165, 1.54) is 0 Å². The van der Waals surface area contributed by atoms with Crippen LogP contribution < -0.4 is 0 Å². The maximum Gasteiger partial charge on any atom is 0.246 e. The molecule has 0 aliphatic carbocycles. The molecule has 3 aliphatic heterocycles. The van der Waals surface area contributed by atoms with E-state index in [-0.39, 0.29) is 41.9 Å². The van der Waals surface area contributed by atoms with Crippen LogP contribution >= 0.6 is 0 Å². The zero-order valence-electron chi connectivity index (χ0n) is 10.7. The molecule has 0 N–H and O–H groups in total. The predicted octanol–water partition coefficient (Wildman–Crippen LogP) is -0.603. The van der Waals surface area contributed by atoms with Crippen molar-refractivity contribution >= 4 is 21.7 Å². The minimum absolute atomic E-state index is 0.00975. The number of sulfone groups is 1. The molecule has 3 heterocycles. The van der Waals surface area contributed by atoms with Crippen LogP contribution in [-0.2, 0) is 19.4 Å². The van der Waals surface area contributed by atoms with E-state index >= 15 is 0 Å². The number of hydrogen-bond acceptors (Lipinski definition) is 4. The van der Waals surface area contributed by atoms with Gasteiger partial charge in [0.15, 0.2) is 0 Å². The highest BCUT2D eigenvalue weighted by Gasteiger charge is 2.44. The van der Waals surface area contributed by atoms with Crippen LogP contribution in [0.15, 0.2) is 0 Å². The fourth-order valence-corrected chi connectivity index (χ4v) is 4.79. The number of hydrogen-bond donors (Lipinski definition) is 0. The van der Waals surface area contributed by atoms with E-state index in [0.717, 1.165) is 12.8 Å². The molecule has 1 unspecified atom stereocenters. The second-order valence-electron chi connectivity index (χ2n) is 5.59. The van der Waals surface area contributed by atoms with Crippen LogP contribution in [0.1, 0.15) is 25.7 Å². The highest BCUT2D eigenvalue weighted by Crippen LogP contribution is 2.27. The summed E-state index contributed by atoms with van der Waals surface area (Å²) in [6.07, 6.45) is 2.56. The Bertz CT molecular complexity index is 502. The molecule has 0 aromatic carbocycles. The van der Waals surface area contributed by atoms with E-state index in [2.05, 4.69) is 0 Å². The number of fused-ring (bicyclic) bond motifs is 1. The van der Waals surface area contributed by atoms with Crippen molar-refractivity contribution in [3.8, 4) is 0 Å². The van der Waals surface area contributed by atoms with Crippen LogP contribution in [0.3, 0.4) is 0 Å². The van der Waals surface area contributed by atoms with Crippen LogP contribution in [0.2, 0.25) is 0 Å². The maximum absolute atomic E-state index is 12.4. The first-order chi connectivity index (χ1) is 8.98. The van der Waals surface area contributed by atoms with Crippen LogP contribution in [0.25, 0.3) is 0 Å². The minimum Gasteiger partial charge on any atom is -0.329 e. The van der Waals surface area contributed by atoms with Crippen LogP contribution in [-0.4, -0.2) is 66.7 Å². The summed E-state index contributed by atoms with van der Waals surface area (Å²) in [4.78, 5) is 27.7. The Morgan fingerprint density at radius 2 is 1.68 bits per heavy atom. The van der Waals surface area contributed by atoms with Gasteiger partial charge in [0.25, 0.3) is 0 Å². The molecular formula is C12H18N2O4S. The average molecular weight is 286 g/mol. The highest BCUT2D eigenvalue weighted by atomic mass is 32.2. The number of rotatable bonds is 1.